The van der Waals surface area contributed by atoms with Crippen molar-refractivity contribution in [1.82, 2.24) is 29.5 Å². The van der Waals surface area contributed by atoms with Crippen LogP contribution in [0.15, 0.2) is 60.9 Å². The van der Waals surface area contributed by atoms with E-state index in [0.29, 0.717) is 17.9 Å². The van der Waals surface area contributed by atoms with Crippen LogP contribution in [0, 0.1) is 0 Å². The Labute approximate surface area is 218 Å². The molecule has 1 saturated carbocycles. The van der Waals surface area contributed by atoms with Gasteiger partial charge in [-0.2, -0.15) is 5.10 Å². The molecule has 1 aliphatic carbocycles. The van der Waals surface area contributed by atoms with E-state index in [0.717, 1.165) is 46.3 Å². The number of hydrogen-bond donors (Lipinski definition) is 2. The molecule has 37 heavy (non-hydrogen) atoms. The van der Waals surface area contributed by atoms with Gasteiger partial charge in [-0.3, -0.25) is 4.90 Å². The summed E-state index contributed by atoms with van der Waals surface area (Å²) in [5.41, 5.74) is 17.7. The molecule has 0 bridgehead atoms. The number of nitrogens with zero attached hydrogens (tertiary/aromatic N) is 6. The summed E-state index contributed by atoms with van der Waals surface area (Å²) >= 11 is 0. The van der Waals surface area contributed by atoms with Gasteiger partial charge in [0.2, 0.25) is 0 Å². The van der Waals surface area contributed by atoms with E-state index >= 15 is 0 Å². The highest BCUT2D eigenvalue weighted by Crippen LogP contribution is 2.37. The van der Waals surface area contributed by atoms with Crippen molar-refractivity contribution in [2.24, 2.45) is 5.73 Å². The van der Waals surface area contributed by atoms with Crippen LogP contribution in [0.25, 0.3) is 22.3 Å². The van der Waals surface area contributed by atoms with Crippen molar-refractivity contribution in [2.45, 2.75) is 43.8 Å². The molecule has 0 radical (unpaired) electrons. The molecule has 1 aliphatic heterocycles. The maximum absolute atomic E-state index is 6.53. The van der Waals surface area contributed by atoms with Gasteiger partial charge >= 0.3 is 0 Å². The predicted molar refractivity (Wildman–Crippen MR) is 148 cm³/mol. The quantitative estimate of drug-likeness (QED) is 0.433. The molecule has 4 N–H and O–H groups in total. The molecule has 2 aliphatic rings. The molecule has 192 valence electrons. The van der Waals surface area contributed by atoms with Crippen molar-refractivity contribution < 1.29 is 0 Å². The maximum atomic E-state index is 6.53. The number of rotatable bonds is 5. The van der Waals surface area contributed by atoms with Crippen molar-refractivity contribution in [3.05, 3.63) is 72.1 Å². The van der Waals surface area contributed by atoms with Crippen LogP contribution in [0.3, 0.4) is 0 Å². The Morgan fingerprint density at radius 3 is 2.16 bits per heavy atom. The predicted octanol–water partition coefficient (Wildman–Crippen LogP) is 3.85. The van der Waals surface area contributed by atoms with Crippen molar-refractivity contribution in [2.75, 3.05) is 39.0 Å². The standard InChI is InChI=1S/C29H36N8/c1-35-15-17-36(18-16-35)23-11-13-24(14-12-23)37-29-25(28(31)32-19-33-29)27(34-37)22-9-7-21(8-10-22)26(30)20-5-3-2-4-6-20/h2-10,19,23-24,26H,11-18,30H2,1H3,(H2,31,32,33). The summed E-state index contributed by atoms with van der Waals surface area (Å²) in [6, 6.07) is 19.3. The van der Waals surface area contributed by atoms with E-state index < -0.39 is 0 Å². The fraction of sp³-hybridized carbons (Fsp3) is 0.414. The summed E-state index contributed by atoms with van der Waals surface area (Å²) in [6.07, 6.45) is 6.14. The van der Waals surface area contributed by atoms with Gasteiger partial charge in [0.05, 0.1) is 17.5 Å². The second-order valence-electron chi connectivity index (χ2n) is 10.6. The summed E-state index contributed by atoms with van der Waals surface area (Å²) in [5, 5.41) is 5.94. The highest BCUT2D eigenvalue weighted by atomic mass is 15.3. The molecule has 8 heteroatoms. The van der Waals surface area contributed by atoms with E-state index in [2.05, 4.69) is 67.9 Å². The summed E-state index contributed by atoms with van der Waals surface area (Å²) in [6.45, 7) is 4.68. The molecule has 8 nitrogen and oxygen atoms in total. The fourth-order valence-electron chi connectivity index (χ4n) is 6.01. The van der Waals surface area contributed by atoms with E-state index in [1.165, 1.54) is 39.0 Å². The maximum Gasteiger partial charge on any atom is 0.164 e. The van der Waals surface area contributed by atoms with E-state index in [1.54, 1.807) is 6.33 Å². The third-order valence-corrected chi connectivity index (χ3v) is 8.29. The van der Waals surface area contributed by atoms with E-state index in [4.69, 9.17) is 16.6 Å². The first-order valence-corrected chi connectivity index (χ1v) is 13.4. The molecular weight excluding hydrogens is 460 g/mol. The Kier molecular flexibility index (Phi) is 6.63. The molecule has 1 unspecified atom stereocenters. The van der Waals surface area contributed by atoms with Gasteiger partial charge in [0.25, 0.3) is 0 Å². The monoisotopic (exact) mass is 496 g/mol. The van der Waals surface area contributed by atoms with Crippen LogP contribution in [-0.2, 0) is 0 Å². The van der Waals surface area contributed by atoms with Gasteiger partial charge in [0.1, 0.15) is 17.8 Å². The summed E-state index contributed by atoms with van der Waals surface area (Å²) in [4.78, 5) is 14.0. The fourth-order valence-corrected chi connectivity index (χ4v) is 6.01. The average Bonchev–Trinajstić information content (AvgIpc) is 3.35. The van der Waals surface area contributed by atoms with E-state index in [1.807, 2.05) is 18.2 Å². The average molecular weight is 497 g/mol. The van der Waals surface area contributed by atoms with E-state index in [9.17, 15) is 0 Å². The molecule has 2 aromatic carbocycles. The minimum atomic E-state index is -0.173. The minimum absolute atomic E-state index is 0.173. The van der Waals surface area contributed by atoms with Crippen LogP contribution in [0.4, 0.5) is 5.82 Å². The molecule has 3 heterocycles. The lowest BCUT2D eigenvalue weighted by Gasteiger charge is -2.41. The first-order valence-electron chi connectivity index (χ1n) is 13.4. The van der Waals surface area contributed by atoms with Crippen LogP contribution in [-0.4, -0.2) is 68.8 Å². The number of piperazine rings is 1. The van der Waals surface area contributed by atoms with Gasteiger partial charge in [-0.25, -0.2) is 14.6 Å². The van der Waals surface area contributed by atoms with Gasteiger partial charge < -0.3 is 16.4 Å². The second-order valence-corrected chi connectivity index (χ2v) is 10.6. The molecule has 2 aromatic heterocycles. The Balaban J connectivity index is 1.25. The zero-order valence-corrected chi connectivity index (χ0v) is 21.5. The lowest BCUT2D eigenvalue weighted by molar-refractivity contribution is 0.0815. The van der Waals surface area contributed by atoms with E-state index in [-0.39, 0.29) is 6.04 Å². The minimum Gasteiger partial charge on any atom is -0.383 e. The first kappa shape index (κ1) is 24.0. The van der Waals surface area contributed by atoms with Crippen molar-refractivity contribution in [3.63, 3.8) is 0 Å². The Morgan fingerprint density at radius 1 is 0.811 bits per heavy atom. The normalized spacial score (nSPS) is 22.3. The molecule has 2 fully saturated rings. The number of nitrogen functional groups attached to an aromatic ring is 1. The van der Waals surface area contributed by atoms with Crippen LogP contribution in [0.2, 0.25) is 0 Å². The molecule has 4 aromatic rings. The number of hydrogen-bond acceptors (Lipinski definition) is 7. The highest BCUT2D eigenvalue weighted by molar-refractivity contribution is 5.98. The van der Waals surface area contributed by atoms with Crippen LogP contribution in [0.5, 0.6) is 0 Å². The number of likely N-dealkylation sites (N-methyl/N-ethyl adjacent to an activating group) is 1. The van der Waals surface area contributed by atoms with Crippen molar-refractivity contribution in [3.8, 4) is 11.3 Å². The van der Waals surface area contributed by atoms with Crippen molar-refractivity contribution >= 4 is 16.9 Å². The number of aromatic nitrogens is 4. The van der Waals surface area contributed by atoms with Gasteiger partial charge in [0.15, 0.2) is 5.65 Å². The lowest BCUT2D eigenvalue weighted by atomic mass is 9.90. The summed E-state index contributed by atoms with van der Waals surface area (Å²) in [5.74, 6) is 0.474. The van der Waals surface area contributed by atoms with Gasteiger partial charge in [0, 0.05) is 37.8 Å². The SMILES string of the molecule is CN1CCN(C2CCC(n3nc(-c4ccc(C(N)c5ccccc5)cc4)c4c(N)ncnc43)CC2)CC1. The summed E-state index contributed by atoms with van der Waals surface area (Å²) in [7, 11) is 2.22. The first-order chi connectivity index (χ1) is 18.1. The number of benzene rings is 2. The highest BCUT2D eigenvalue weighted by Gasteiger charge is 2.30. The number of fused-ring (bicyclic) bond motifs is 1. The molecule has 1 saturated heterocycles. The Bertz CT molecular complexity index is 1330. The number of anilines is 1. The largest absolute Gasteiger partial charge is 0.383 e. The Morgan fingerprint density at radius 2 is 1.46 bits per heavy atom. The second kappa shape index (κ2) is 10.2. The zero-order valence-electron chi connectivity index (χ0n) is 21.5. The molecule has 0 amide bonds. The third-order valence-electron chi connectivity index (χ3n) is 8.29. The summed E-state index contributed by atoms with van der Waals surface area (Å²) < 4.78 is 2.12. The zero-order chi connectivity index (χ0) is 25.4. The van der Waals surface area contributed by atoms with Crippen LogP contribution in [0.1, 0.15) is 48.9 Å². The topological polar surface area (TPSA) is 102 Å². The smallest absolute Gasteiger partial charge is 0.164 e. The molecule has 0 spiro atoms. The van der Waals surface area contributed by atoms with Gasteiger partial charge in [-0.1, -0.05) is 54.6 Å². The van der Waals surface area contributed by atoms with Gasteiger partial charge in [-0.15, -0.1) is 0 Å². The van der Waals surface area contributed by atoms with Crippen molar-refractivity contribution in [1.29, 1.82) is 0 Å². The molecule has 6 rings (SSSR count). The van der Waals surface area contributed by atoms with Crippen LogP contribution >= 0.6 is 0 Å². The van der Waals surface area contributed by atoms with Crippen LogP contribution < -0.4 is 11.5 Å². The Hall–Kier alpha value is -3.33. The third kappa shape index (κ3) is 4.72. The van der Waals surface area contributed by atoms with Gasteiger partial charge in [-0.05, 0) is 43.9 Å². The lowest BCUT2D eigenvalue weighted by Crippen LogP contribution is -2.49. The molecular formula is C29H36N8. The number of nitrogens with two attached hydrogens (primary N) is 2. The molecule has 1 atom stereocenters.